The molecule has 0 atom stereocenters. The first-order chi connectivity index (χ1) is 17.2. The first-order valence-electron chi connectivity index (χ1n) is 11.5. The number of hydrogen-bond donors (Lipinski definition) is 0. The maximum absolute atomic E-state index is 5.95. The molecule has 6 rings (SSSR count). The summed E-state index contributed by atoms with van der Waals surface area (Å²) in [6, 6.07) is 39.1. The van der Waals surface area contributed by atoms with Gasteiger partial charge in [0.1, 0.15) is 18.3 Å². The Balaban J connectivity index is 1.29. The van der Waals surface area contributed by atoms with E-state index in [0.29, 0.717) is 11.3 Å². The second kappa shape index (κ2) is 8.92. The maximum atomic E-state index is 5.95. The Morgan fingerprint density at radius 1 is 0.629 bits per heavy atom. The first kappa shape index (κ1) is 20.9. The Labute approximate surface area is 203 Å². The largest absolute Gasteiger partial charge is 0.411 e. The standard InChI is InChI=1S/C31H23N2O2/c1-33-19-18-25(24-16-14-23(15-17-24)22-8-3-2-4-9-22)21-29(33)26-10-7-11-27(20-26)34-31-32-28-12-5-6-13-30(28)35-31/h2-21H,1H3/q+1. The average molecular weight is 456 g/mol. The second-order valence-electron chi connectivity index (χ2n) is 8.43. The number of rotatable bonds is 5. The van der Waals surface area contributed by atoms with Crippen LogP contribution in [0.4, 0.5) is 0 Å². The number of oxazole rings is 1. The molecule has 0 unspecified atom stereocenters. The van der Waals surface area contributed by atoms with Gasteiger partial charge in [0.15, 0.2) is 11.8 Å². The van der Waals surface area contributed by atoms with Gasteiger partial charge in [-0.3, -0.25) is 0 Å². The molecule has 4 heteroatoms. The average Bonchev–Trinajstić information content (AvgIpc) is 3.32. The molecule has 2 aromatic heterocycles. The number of aryl methyl sites for hydroxylation is 1. The third kappa shape index (κ3) is 4.30. The van der Waals surface area contributed by atoms with Gasteiger partial charge in [-0.2, -0.15) is 4.98 Å². The van der Waals surface area contributed by atoms with E-state index >= 15 is 0 Å². The van der Waals surface area contributed by atoms with Crippen molar-refractivity contribution in [2.45, 2.75) is 0 Å². The smallest absolute Gasteiger partial charge is 0.400 e. The minimum atomic E-state index is 0.236. The molecule has 0 saturated heterocycles. The van der Waals surface area contributed by atoms with Crippen LogP contribution in [0.2, 0.25) is 0 Å². The van der Waals surface area contributed by atoms with Crippen LogP contribution in [0.25, 0.3) is 44.6 Å². The van der Waals surface area contributed by atoms with Crippen molar-refractivity contribution in [2.75, 3.05) is 0 Å². The Kier molecular flexibility index (Phi) is 5.32. The summed E-state index contributed by atoms with van der Waals surface area (Å²) in [5.74, 6) is 0.673. The lowest BCUT2D eigenvalue weighted by atomic mass is 9.99. The molecule has 0 fully saturated rings. The zero-order valence-electron chi connectivity index (χ0n) is 19.3. The van der Waals surface area contributed by atoms with E-state index in [0.717, 1.165) is 22.3 Å². The monoisotopic (exact) mass is 455 g/mol. The molecule has 0 radical (unpaired) electrons. The number of fused-ring (bicyclic) bond motifs is 1. The molecule has 4 aromatic carbocycles. The van der Waals surface area contributed by atoms with Crippen LogP contribution < -0.4 is 9.30 Å². The number of ether oxygens (including phenoxy) is 1. The predicted octanol–water partition coefficient (Wildman–Crippen LogP) is 7.45. The van der Waals surface area contributed by atoms with Gasteiger partial charge in [-0.25, -0.2) is 4.57 Å². The third-order valence-corrected chi connectivity index (χ3v) is 6.08. The van der Waals surface area contributed by atoms with Crippen LogP contribution in [0.3, 0.4) is 0 Å². The summed E-state index contributed by atoms with van der Waals surface area (Å²) in [6.45, 7) is 0. The Morgan fingerprint density at radius 2 is 1.31 bits per heavy atom. The van der Waals surface area contributed by atoms with Gasteiger partial charge in [-0.05, 0) is 52.6 Å². The number of pyridine rings is 1. The van der Waals surface area contributed by atoms with Crippen LogP contribution in [0, 0.1) is 0 Å². The van der Waals surface area contributed by atoms with Crippen molar-refractivity contribution in [3.8, 4) is 45.3 Å². The highest BCUT2D eigenvalue weighted by atomic mass is 16.6. The molecule has 6 aromatic rings. The molecule has 0 N–H and O–H groups in total. The van der Waals surface area contributed by atoms with Gasteiger partial charge in [0.25, 0.3) is 0 Å². The minimum Gasteiger partial charge on any atom is -0.411 e. The molecule has 0 aliphatic carbocycles. The zero-order valence-corrected chi connectivity index (χ0v) is 19.3. The molecule has 0 saturated carbocycles. The summed E-state index contributed by atoms with van der Waals surface area (Å²) in [7, 11) is 2.05. The fourth-order valence-corrected chi connectivity index (χ4v) is 4.24. The van der Waals surface area contributed by atoms with Crippen molar-refractivity contribution < 1.29 is 13.7 Å². The molecule has 0 aliphatic rings. The van der Waals surface area contributed by atoms with Crippen LogP contribution in [-0.2, 0) is 7.05 Å². The van der Waals surface area contributed by atoms with E-state index < -0.39 is 0 Å². The highest BCUT2D eigenvalue weighted by Crippen LogP contribution is 2.30. The number of benzene rings is 4. The fraction of sp³-hybridized carbons (Fsp3) is 0.0323. The molecule has 2 heterocycles. The summed E-state index contributed by atoms with van der Waals surface area (Å²) in [6.07, 6.45) is 2.32. The quantitative estimate of drug-likeness (QED) is 0.254. The predicted molar refractivity (Wildman–Crippen MR) is 138 cm³/mol. The molecular weight excluding hydrogens is 432 g/mol. The summed E-state index contributed by atoms with van der Waals surface area (Å²) < 4.78 is 13.8. The van der Waals surface area contributed by atoms with Crippen molar-refractivity contribution in [2.24, 2.45) is 7.05 Å². The Bertz CT molecular complexity index is 1590. The normalized spacial score (nSPS) is 11.0. The van der Waals surface area contributed by atoms with E-state index in [2.05, 4.69) is 82.5 Å². The van der Waals surface area contributed by atoms with Gasteiger partial charge < -0.3 is 9.15 Å². The van der Waals surface area contributed by atoms with Gasteiger partial charge in [-0.15, -0.1) is 0 Å². The molecule has 0 bridgehead atoms. The van der Waals surface area contributed by atoms with E-state index in [9.17, 15) is 0 Å². The van der Waals surface area contributed by atoms with Crippen LogP contribution in [0.1, 0.15) is 0 Å². The van der Waals surface area contributed by atoms with Gasteiger partial charge in [0.05, 0.1) is 0 Å². The molecule has 0 amide bonds. The molecule has 168 valence electrons. The lowest BCUT2D eigenvalue weighted by Gasteiger charge is -2.08. The van der Waals surface area contributed by atoms with E-state index in [1.165, 1.54) is 16.7 Å². The van der Waals surface area contributed by atoms with Crippen molar-refractivity contribution in [1.29, 1.82) is 0 Å². The van der Waals surface area contributed by atoms with E-state index in [1.54, 1.807) is 0 Å². The fourth-order valence-electron chi connectivity index (χ4n) is 4.24. The van der Waals surface area contributed by atoms with Crippen molar-refractivity contribution in [3.63, 3.8) is 0 Å². The van der Waals surface area contributed by atoms with Gasteiger partial charge in [0, 0.05) is 17.7 Å². The number of aromatic nitrogens is 2. The Hall–Kier alpha value is -4.70. The van der Waals surface area contributed by atoms with Gasteiger partial charge in [-0.1, -0.05) is 72.8 Å². The Morgan fingerprint density at radius 3 is 2.11 bits per heavy atom. The molecule has 35 heavy (non-hydrogen) atoms. The highest BCUT2D eigenvalue weighted by Gasteiger charge is 2.14. The van der Waals surface area contributed by atoms with Crippen molar-refractivity contribution in [1.82, 2.24) is 4.98 Å². The van der Waals surface area contributed by atoms with Crippen molar-refractivity contribution >= 4 is 11.1 Å². The minimum absolute atomic E-state index is 0.236. The SMILES string of the molecule is C[n+]1ccc(-c2ccc(-c3ccccc3)cc2)cc1-c1cccc(Oc2nc3ccccc3o2)c1. The topological polar surface area (TPSA) is 39.1 Å². The van der Waals surface area contributed by atoms with E-state index in [4.69, 9.17) is 9.15 Å². The lowest BCUT2D eigenvalue weighted by molar-refractivity contribution is -0.660. The highest BCUT2D eigenvalue weighted by molar-refractivity contribution is 5.74. The maximum Gasteiger partial charge on any atom is 0.400 e. The molecule has 0 spiro atoms. The second-order valence-corrected chi connectivity index (χ2v) is 8.43. The van der Waals surface area contributed by atoms with Crippen molar-refractivity contribution in [3.05, 3.63) is 121 Å². The van der Waals surface area contributed by atoms with E-state index in [1.807, 2.05) is 55.6 Å². The van der Waals surface area contributed by atoms with Crippen LogP contribution in [0.15, 0.2) is 126 Å². The summed E-state index contributed by atoms with van der Waals surface area (Å²) in [5.41, 5.74) is 8.36. The molecule has 4 nitrogen and oxygen atoms in total. The molecule has 0 aliphatic heterocycles. The summed E-state index contributed by atoms with van der Waals surface area (Å²) in [4.78, 5) is 4.42. The zero-order chi connectivity index (χ0) is 23.6. The lowest BCUT2D eigenvalue weighted by Crippen LogP contribution is -2.30. The third-order valence-electron chi connectivity index (χ3n) is 6.08. The van der Waals surface area contributed by atoms with Crippen LogP contribution >= 0.6 is 0 Å². The molecular formula is C31H23N2O2+. The summed E-state index contributed by atoms with van der Waals surface area (Å²) in [5, 5.41) is 0. The van der Waals surface area contributed by atoms with E-state index in [-0.39, 0.29) is 6.08 Å². The first-order valence-corrected chi connectivity index (χ1v) is 11.5. The number of nitrogens with zero attached hydrogens (tertiary/aromatic N) is 2. The van der Waals surface area contributed by atoms with Gasteiger partial charge in [0.2, 0.25) is 5.69 Å². The summed E-state index contributed by atoms with van der Waals surface area (Å²) >= 11 is 0. The van der Waals surface area contributed by atoms with Gasteiger partial charge >= 0.3 is 6.08 Å². The van der Waals surface area contributed by atoms with Crippen LogP contribution in [0.5, 0.6) is 11.8 Å². The van der Waals surface area contributed by atoms with Crippen LogP contribution in [-0.4, -0.2) is 4.98 Å². The number of hydrogen-bond acceptors (Lipinski definition) is 3. The number of para-hydroxylation sites is 2.